The normalized spacial score (nSPS) is 21.8. The standard InChI is InChI=1S/C19H24N4O2/c1-14-15-5-2-3-6-16(15)21-18(20-14)13-23-8-4-7-17(23)19(24)22-9-11-25-12-10-22/h2-3,5-6,17H,4,7-13H2,1H3. The Bertz CT molecular complexity index is 773. The number of amides is 1. The number of aromatic nitrogens is 2. The molecule has 2 aliphatic heterocycles. The van der Waals surface area contributed by atoms with Gasteiger partial charge in [-0.25, -0.2) is 9.97 Å². The lowest BCUT2D eigenvalue weighted by atomic mass is 10.1. The molecule has 2 aliphatic rings. The number of hydrogen-bond donors (Lipinski definition) is 0. The Hall–Kier alpha value is -2.05. The number of para-hydroxylation sites is 1. The van der Waals surface area contributed by atoms with Gasteiger partial charge in [0.1, 0.15) is 5.82 Å². The van der Waals surface area contributed by atoms with Crippen LogP contribution in [0.3, 0.4) is 0 Å². The van der Waals surface area contributed by atoms with E-state index in [9.17, 15) is 4.79 Å². The van der Waals surface area contributed by atoms with Crippen LogP contribution in [0.2, 0.25) is 0 Å². The number of hydrogen-bond acceptors (Lipinski definition) is 5. The van der Waals surface area contributed by atoms with E-state index >= 15 is 0 Å². The summed E-state index contributed by atoms with van der Waals surface area (Å²) >= 11 is 0. The highest BCUT2D eigenvalue weighted by atomic mass is 16.5. The van der Waals surface area contributed by atoms with Crippen molar-refractivity contribution in [2.45, 2.75) is 32.4 Å². The van der Waals surface area contributed by atoms with E-state index in [1.54, 1.807) is 0 Å². The van der Waals surface area contributed by atoms with E-state index in [2.05, 4.69) is 16.0 Å². The Morgan fingerprint density at radius 1 is 1.20 bits per heavy atom. The lowest BCUT2D eigenvalue weighted by Crippen LogP contribution is -2.49. The van der Waals surface area contributed by atoms with E-state index in [1.807, 2.05) is 30.0 Å². The third-order valence-electron chi connectivity index (χ3n) is 5.16. The van der Waals surface area contributed by atoms with Crippen molar-refractivity contribution in [1.29, 1.82) is 0 Å². The molecule has 25 heavy (non-hydrogen) atoms. The topological polar surface area (TPSA) is 58.6 Å². The first-order valence-electron chi connectivity index (χ1n) is 9.05. The molecule has 2 saturated heterocycles. The van der Waals surface area contributed by atoms with Gasteiger partial charge < -0.3 is 9.64 Å². The summed E-state index contributed by atoms with van der Waals surface area (Å²) in [6.45, 7) is 6.27. The van der Waals surface area contributed by atoms with Crippen LogP contribution in [0.25, 0.3) is 10.9 Å². The fraction of sp³-hybridized carbons (Fsp3) is 0.526. The number of nitrogens with zero attached hydrogens (tertiary/aromatic N) is 4. The van der Waals surface area contributed by atoms with Crippen molar-refractivity contribution in [2.75, 3.05) is 32.8 Å². The third-order valence-corrected chi connectivity index (χ3v) is 5.16. The SMILES string of the molecule is Cc1nc(CN2CCCC2C(=O)N2CCOCC2)nc2ccccc12. The van der Waals surface area contributed by atoms with Crippen LogP contribution in [0.15, 0.2) is 24.3 Å². The van der Waals surface area contributed by atoms with Gasteiger partial charge in [-0.05, 0) is 32.4 Å². The molecule has 1 amide bonds. The first-order valence-corrected chi connectivity index (χ1v) is 9.05. The average Bonchev–Trinajstić information content (AvgIpc) is 3.10. The second kappa shape index (κ2) is 7.06. The molecule has 6 heteroatoms. The summed E-state index contributed by atoms with van der Waals surface area (Å²) in [4.78, 5) is 26.4. The van der Waals surface area contributed by atoms with Gasteiger partial charge in [-0.1, -0.05) is 18.2 Å². The summed E-state index contributed by atoms with van der Waals surface area (Å²) in [5, 5.41) is 1.09. The van der Waals surface area contributed by atoms with E-state index in [0.29, 0.717) is 32.8 Å². The Kier molecular flexibility index (Phi) is 4.63. The zero-order chi connectivity index (χ0) is 17.2. The molecule has 0 aliphatic carbocycles. The maximum absolute atomic E-state index is 12.9. The summed E-state index contributed by atoms with van der Waals surface area (Å²) < 4.78 is 5.36. The summed E-state index contributed by atoms with van der Waals surface area (Å²) in [5.74, 6) is 1.04. The Labute approximate surface area is 147 Å². The average molecular weight is 340 g/mol. The summed E-state index contributed by atoms with van der Waals surface area (Å²) in [6, 6.07) is 8.03. The van der Waals surface area contributed by atoms with Crippen molar-refractivity contribution in [2.24, 2.45) is 0 Å². The van der Waals surface area contributed by atoms with E-state index in [-0.39, 0.29) is 11.9 Å². The quantitative estimate of drug-likeness (QED) is 0.852. The molecule has 4 rings (SSSR count). The lowest BCUT2D eigenvalue weighted by molar-refractivity contribution is -0.140. The molecule has 3 heterocycles. The zero-order valence-electron chi connectivity index (χ0n) is 14.6. The van der Waals surface area contributed by atoms with Gasteiger partial charge >= 0.3 is 0 Å². The number of rotatable bonds is 3. The van der Waals surface area contributed by atoms with Crippen molar-refractivity contribution >= 4 is 16.8 Å². The molecule has 2 aromatic rings. The summed E-state index contributed by atoms with van der Waals surface area (Å²) in [6.07, 6.45) is 1.97. The molecule has 0 bridgehead atoms. The van der Waals surface area contributed by atoms with E-state index in [1.165, 1.54) is 0 Å². The van der Waals surface area contributed by atoms with Gasteiger partial charge in [0.25, 0.3) is 0 Å². The van der Waals surface area contributed by atoms with Crippen molar-refractivity contribution in [3.63, 3.8) is 0 Å². The molecule has 1 unspecified atom stereocenters. The second-order valence-electron chi connectivity index (χ2n) is 6.81. The smallest absolute Gasteiger partial charge is 0.240 e. The fourth-order valence-electron chi connectivity index (χ4n) is 3.84. The van der Waals surface area contributed by atoms with Gasteiger partial charge in [-0.3, -0.25) is 9.69 Å². The molecule has 1 atom stereocenters. The van der Waals surface area contributed by atoms with Crippen molar-refractivity contribution in [3.8, 4) is 0 Å². The van der Waals surface area contributed by atoms with E-state index in [0.717, 1.165) is 41.8 Å². The molecule has 0 saturated carbocycles. The minimum Gasteiger partial charge on any atom is -0.378 e. The zero-order valence-corrected chi connectivity index (χ0v) is 14.6. The van der Waals surface area contributed by atoms with Gasteiger partial charge in [-0.2, -0.15) is 0 Å². The Morgan fingerprint density at radius 3 is 2.84 bits per heavy atom. The Balaban J connectivity index is 1.52. The molecule has 132 valence electrons. The minimum absolute atomic E-state index is 0.0477. The number of ether oxygens (including phenoxy) is 1. The number of carbonyl (C=O) groups is 1. The minimum atomic E-state index is -0.0477. The van der Waals surface area contributed by atoms with Crippen molar-refractivity contribution in [3.05, 3.63) is 35.8 Å². The predicted molar refractivity (Wildman–Crippen MR) is 95.1 cm³/mol. The Morgan fingerprint density at radius 2 is 2.00 bits per heavy atom. The van der Waals surface area contributed by atoms with Crippen LogP contribution in [0.5, 0.6) is 0 Å². The largest absolute Gasteiger partial charge is 0.378 e. The van der Waals surface area contributed by atoms with Gasteiger partial charge in [-0.15, -0.1) is 0 Å². The molecular weight excluding hydrogens is 316 g/mol. The van der Waals surface area contributed by atoms with Crippen LogP contribution in [0, 0.1) is 6.92 Å². The van der Waals surface area contributed by atoms with E-state index in [4.69, 9.17) is 9.72 Å². The van der Waals surface area contributed by atoms with Crippen LogP contribution in [0.1, 0.15) is 24.4 Å². The summed E-state index contributed by atoms with van der Waals surface area (Å²) in [5.41, 5.74) is 1.97. The molecule has 2 fully saturated rings. The maximum Gasteiger partial charge on any atom is 0.240 e. The number of aryl methyl sites for hydroxylation is 1. The number of carbonyl (C=O) groups excluding carboxylic acids is 1. The molecule has 6 nitrogen and oxygen atoms in total. The van der Waals surface area contributed by atoms with Crippen LogP contribution in [-0.2, 0) is 16.1 Å². The van der Waals surface area contributed by atoms with Gasteiger partial charge in [0.2, 0.25) is 5.91 Å². The first kappa shape index (κ1) is 16.4. The maximum atomic E-state index is 12.9. The third kappa shape index (κ3) is 3.37. The van der Waals surface area contributed by atoms with Gasteiger partial charge in [0, 0.05) is 24.2 Å². The van der Waals surface area contributed by atoms with Crippen LogP contribution < -0.4 is 0 Å². The molecular formula is C19H24N4O2. The summed E-state index contributed by atoms with van der Waals surface area (Å²) in [7, 11) is 0. The number of benzene rings is 1. The molecule has 1 aromatic heterocycles. The van der Waals surface area contributed by atoms with Gasteiger partial charge in [0.05, 0.1) is 31.3 Å². The highest BCUT2D eigenvalue weighted by Gasteiger charge is 2.34. The second-order valence-corrected chi connectivity index (χ2v) is 6.81. The van der Waals surface area contributed by atoms with Crippen LogP contribution >= 0.6 is 0 Å². The lowest BCUT2D eigenvalue weighted by Gasteiger charge is -2.32. The van der Waals surface area contributed by atoms with Crippen molar-refractivity contribution < 1.29 is 9.53 Å². The number of morpholine rings is 1. The number of likely N-dealkylation sites (tertiary alicyclic amines) is 1. The van der Waals surface area contributed by atoms with Crippen molar-refractivity contribution in [1.82, 2.24) is 19.8 Å². The molecule has 0 spiro atoms. The first-order chi connectivity index (χ1) is 12.2. The molecule has 0 N–H and O–H groups in total. The molecule has 0 radical (unpaired) electrons. The highest BCUT2D eigenvalue weighted by molar-refractivity contribution is 5.82. The highest BCUT2D eigenvalue weighted by Crippen LogP contribution is 2.23. The molecule has 1 aromatic carbocycles. The number of fused-ring (bicyclic) bond motifs is 1. The van der Waals surface area contributed by atoms with Crippen LogP contribution in [-0.4, -0.2) is 64.6 Å². The van der Waals surface area contributed by atoms with Crippen LogP contribution in [0.4, 0.5) is 0 Å². The van der Waals surface area contributed by atoms with E-state index < -0.39 is 0 Å². The van der Waals surface area contributed by atoms with Gasteiger partial charge in [0.15, 0.2) is 0 Å². The fourth-order valence-corrected chi connectivity index (χ4v) is 3.84. The predicted octanol–water partition coefficient (Wildman–Crippen LogP) is 1.76. The monoisotopic (exact) mass is 340 g/mol.